The fraction of sp³-hybridized carbons (Fsp3) is 0.684. The van der Waals surface area contributed by atoms with E-state index in [1.165, 1.54) is 50.9 Å². The van der Waals surface area contributed by atoms with Crippen molar-refractivity contribution in [3.05, 3.63) is 35.4 Å². The van der Waals surface area contributed by atoms with Crippen LogP contribution in [0.25, 0.3) is 0 Å². The summed E-state index contributed by atoms with van der Waals surface area (Å²) >= 11 is 0. The van der Waals surface area contributed by atoms with Gasteiger partial charge in [-0.05, 0) is 57.3 Å². The molecule has 0 aromatic heterocycles. The van der Waals surface area contributed by atoms with Gasteiger partial charge in [-0.1, -0.05) is 36.2 Å². The predicted molar refractivity (Wildman–Crippen MR) is 91.0 cm³/mol. The number of nitrogens with zero attached hydrogens (tertiary/aromatic N) is 2. The third kappa shape index (κ3) is 4.31. The molecule has 0 radical (unpaired) electrons. The molecule has 2 aliphatic rings. The van der Waals surface area contributed by atoms with E-state index in [1.807, 2.05) is 0 Å². The molecule has 1 aromatic rings. The molecule has 0 aliphatic carbocycles. The van der Waals surface area contributed by atoms with Gasteiger partial charge in [-0.25, -0.2) is 0 Å². The topological polar surface area (TPSA) is 26.7 Å². The van der Waals surface area contributed by atoms with Gasteiger partial charge in [-0.3, -0.25) is 0 Å². The molecule has 22 heavy (non-hydrogen) atoms. The number of benzene rings is 1. The summed E-state index contributed by atoms with van der Waals surface area (Å²) in [5.74, 6) is 0.795. The molecule has 3 rings (SSSR count). The van der Waals surface area contributed by atoms with Gasteiger partial charge in [0.25, 0.3) is 0 Å². The van der Waals surface area contributed by atoms with Gasteiger partial charge < -0.3 is 14.9 Å². The molecule has 3 heteroatoms. The summed E-state index contributed by atoms with van der Waals surface area (Å²) in [6, 6.07) is 8.28. The van der Waals surface area contributed by atoms with Crippen LogP contribution in [0.1, 0.15) is 42.9 Å². The van der Waals surface area contributed by atoms with Crippen molar-refractivity contribution in [2.24, 2.45) is 5.92 Å². The second-order valence-corrected chi connectivity index (χ2v) is 7.20. The van der Waals surface area contributed by atoms with Crippen LogP contribution in [0.2, 0.25) is 0 Å². The Balaban J connectivity index is 1.45. The highest BCUT2D eigenvalue weighted by Gasteiger charge is 2.26. The third-order valence-electron chi connectivity index (χ3n) is 5.23. The summed E-state index contributed by atoms with van der Waals surface area (Å²) in [5, 5.41) is 10.4. The summed E-state index contributed by atoms with van der Waals surface area (Å²) in [7, 11) is 0. The first-order chi connectivity index (χ1) is 10.7. The van der Waals surface area contributed by atoms with Crippen molar-refractivity contribution in [3.8, 4) is 0 Å². The number of hydrogen-bond acceptors (Lipinski definition) is 3. The number of aliphatic hydroxyl groups is 1. The van der Waals surface area contributed by atoms with Crippen LogP contribution < -0.4 is 0 Å². The van der Waals surface area contributed by atoms with Crippen molar-refractivity contribution in [2.45, 2.75) is 38.7 Å². The number of piperidine rings is 1. The maximum atomic E-state index is 10.4. The van der Waals surface area contributed by atoms with Gasteiger partial charge in [-0.15, -0.1) is 0 Å². The molecule has 0 spiro atoms. The van der Waals surface area contributed by atoms with E-state index in [1.54, 1.807) is 0 Å². The number of likely N-dealkylation sites (tertiary alicyclic amines) is 2. The quantitative estimate of drug-likeness (QED) is 0.906. The Bertz CT molecular complexity index is 453. The first-order valence-corrected chi connectivity index (χ1v) is 8.90. The van der Waals surface area contributed by atoms with Crippen molar-refractivity contribution in [1.82, 2.24) is 9.80 Å². The highest BCUT2D eigenvalue weighted by Crippen LogP contribution is 2.23. The van der Waals surface area contributed by atoms with Gasteiger partial charge in [0.1, 0.15) is 0 Å². The van der Waals surface area contributed by atoms with Gasteiger partial charge in [0.15, 0.2) is 0 Å². The van der Waals surface area contributed by atoms with E-state index >= 15 is 0 Å². The molecule has 3 nitrogen and oxygen atoms in total. The molecular weight excluding hydrogens is 272 g/mol. The largest absolute Gasteiger partial charge is 0.387 e. The van der Waals surface area contributed by atoms with Crippen LogP contribution in [0.4, 0.5) is 0 Å². The highest BCUT2D eigenvalue weighted by atomic mass is 16.3. The van der Waals surface area contributed by atoms with Crippen molar-refractivity contribution in [1.29, 1.82) is 0 Å². The molecule has 0 saturated carbocycles. The molecule has 2 atom stereocenters. The smallest absolute Gasteiger partial charge is 0.0916 e. The molecule has 2 aliphatic heterocycles. The van der Waals surface area contributed by atoms with Gasteiger partial charge in [0, 0.05) is 19.6 Å². The van der Waals surface area contributed by atoms with Gasteiger partial charge in [0.05, 0.1) is 6.10 Å². The molecule has 2 heterocycles. The molecule has 2 unspecified atom stereocenters. The van der Waals surface area contributed by atoms with Crippen LogP contribution in [0.3, 0.4) is 0 Å². The molecule has 1 aromatic carbocycles. The fourth-order valence-corrected chi connectivity index (χ4v) is 3.87. The predicted octanol–water partition coefficient (Wildman–Crippen LogP) is 2.84. The molecule has 1 N–H and O–H groups in total. The zero-order valence-corrected chi connectivity index (χ0v) is 13.9. The lowest BCUT2D eigenvalue weighted by atomic mass is 10.1. The molecular formula is C19H30N2O. The minimum absolute atomic E-state index is 0.352. The standard InChI is InChI=1S/C19H30N2O/c1-16-5-7-18(8-6-16)19(22)15-21-12-9-17(14-21)13-20-10-3-2-4-11-20/h5-8,17,19,22H,2-4,9-15H2,1H3. The molecule has 0 bridgehead atoms. The van der Waals surface area contributed by atoms with Crippen molar-refractivity contribution < 1.29 is 5.11 Å². The minimum atomic E-state index is -0.352. The van der Waals surface area contributed by atoms with Crippen molar-refractivity contribution in [2.75, 3.05) is 39.3 Å². The normalized spacial score (nSPS) is 25.5. The Kier molecular flexibility index (Phi) is 5.51. The number of aliphatic hydroxyl groups excluding tert-OH is 1. The Morgan fingerprint density at radius 1 is 1.05 bits per heavy atom. The summed E-state index contributed by atoms with van der Waals surface area (Å²) < 4.78 is 0. The van der Waals surface area contributed by atoms with E-state index in [0.29, 0.717) is 0 Å². The lowest BCUT2D eigenvalue weighted by Crippen LogP contribution is -2.35. The van der Waals surface area contributed by atoms with E-state index in [0.717, 1.165) is 31.1 Å². The Hall–Kier alpha value is -0.900. The average molecular weight is 302 g/mol. The zero-order chi connectivity index (χ0) is 15.4. The fourth-order valence-electron chi connectivity index (χ4n) is 3.87. The lowest BCUT2D eigenvalue weighted by Gasteiger charge is -2.29. The maximum absolute atomic E-state index is 10.4. The Morgan fingerprint density at radius 2 is 1.77 bits per heavy atom. The van der Waals surface area contributed by atoms with E-state index in [2.05, 4.69) is 41.0 Å². The second kappa shape index (κ2) is 7.58. The average Bonchev–Trinajstić information content (AvgIpc) is 2.96. The summed E-state index contributed by atoms with van der Waals surface area (Å²) in [6.45, 7) is 9.00. The van der Waals surface area contributed by atoms with Crippen LogP contribution >= 0.6 is 0 Å². The number of β-amino-alcohol motifs (C(OH)–C–C–N with tert-alkyl or cyclic N) is 1. The Labute approximate surface area is 134 Å². The van der Waals surface area contributed by atoms with Crippen LogP contribution in [0, 0.1) is 12.8 Å². The van der Waals surface area contributed by atoms with Crippen LogP contribution in [0.5, 0.6) is 0 Å². The first kappa shape index (κ1) is 16.0. The van der Waals surface area contributed by atoms with Crippen molar-refractivity contribution >= 4 is 0 Å². The summed E-state index contributed by atoms with van der Waals surface area (Å²) in [5.41, 5.74) is 2.30. The SMILES string of the molecule is Cc1ccc(C(O)CN2CCC(CN3CCCCC3)C2)cc1. The molecule has 2 fully saturated rings. The van der Waals surface area contributed by atoms with Crippen molar-refractivity contribution in [3.63, 3.8) is 0 Å². The van der Waals surface area contributed by atoms with E-state index in [-0.39, 0.29) is 6.10 Å². The first-order valence-electron chi connectivity index (χ1n) is 8.90. The van der Waals surface area contributed by atoms with E-state index in [4.69, 9.17) is 0 Å². The highest BCUT2D eigenvalue weighted by molar-refractivity contribution is 5.23. The third-order valence-corrected chi connectivity index (χ3v) is 5.23. The Morgan fingerprint density at radius 3 is 2.50 bits per heavy atom. The summed E-state index contributed by atoms with van der Waals surface area (Å²) in [4.78, 5) is 5.09. The number of hydrogen-bond donors (Lipinski definition) is 1. The number of rotatable bonds is 5. The molecule has 2 saturated heterocycles. The second-order valence-electron chi connectivity index (χ2n) is 7.20. The van der Waals surface area contributed by atoms with E-state index < -0.39 is 0 Å². The molecule has 0 amide bonds. The maximum Gasteiger partial charge on any atom is 0.0916 e. The monoisotopic (exact) mass is 302 g/mol. The van der Waals surface area contributed by atoms with Crippen LogP contribution in [-0.2, 0) is 0 Å². The minimum Gasteiger partial charge on any atom is -0.387 e. The molecule has 122 valence electrons. The van der Waals surface area contributed by atoms with Gasteiger partial charge in [-0.2, -0.15) is 0 Å². The lowest BCUT2D eigenvalue weighted by molar-refractivity contribution is 0.121. The van der Waals surface area contributed by atoms with Gasteiger partial charge in [0.2, 0.25) is 0 Å². The van der Waals surface area contributed by atoms with E-state index in [9.17, 15) is 5.11 Å². The number of aryl methyl sites for hydroxylation is 1. The zero-order valence-electron chi connectivity index (χ0n) is 13.9. The summed E-state index contributed by atoms with van der Waals surface area (Å²) in [6.07, 6.45) is 5.10. The van der Waals surface area contributed by atoms with Crippen LogP contribution in [0.15, 0.2) is 24.3 Å². The van der Waals surface area contributed by atoms with Gasteiger partial charge >= 0.3 is 0 Å². The van der Waals surface area contributed by atoms with Crippen LogP contribution in [-0.4, -0.2) is 54.2 Å².